The summed E-state index contributed by atoms with van der Waals surface area (Å²) >= 11 is 0. The molecule has 0 aromatic carbocycles. The van der Waals surface area contributed by atoms with Crippen LogP contribution in [0.1, 0.15) is 6.92 Å². The molecule has 8 heteroatoms. The lowest BCUT2D eigenvalue weighted by Crippen LogP contribution is -2.53. The molecule has 0 spiro atoms. The van der Waals surface area contributed by atoms with Crippen LogP contribution in [-0.2, 0) is 13.0 Å². The van der Waals surface area contributed by atoms with Crippen LogP contribution in [0.5, 0.6) is 0 Å². The molecule has 0 saturated heterocycles. The molecule has 0 aliphatic carbocycles. The van der Waals surface area contributed by atoms with Crippen LogP contribution >= 0.6 is 0 Å². The molecule has 0 saturated carbocycles. The Morgan fingerprint density at radius 3 is 2.33 bits per heavy atom. The highest BCUT2D eigenvalue weighted by atomic mass is 28.5. The summed E-state index contributed by atoms with van der Waals surface area (Å²) in [4.78, 5) is 18.9. The molecule has 0 heterocycles. The zero-order valence-corrected chi connectivity index (χ0v) is 11.3. The van der Waals surface area contributed by atoms with Crippen LogP contribution in [0.2, 0.25) is 13.1 Å². The molecule has 4 N–H and O–H groups in total. The Hall–Kier alpha value is -0.226. The summed E-state index contributed by atoms with van der Waals surface area (Å²) in [6.07, 6.45) is 2.71. The molecular weight excluding hydrogens is 234 g/mol. The standard InChI is InChI=1S/C7H19NO5Si2/c1-4-11-14(2,3)13-15(9,10)12-7-5-6-8/h5-6,9-10H,4,7-8H2,1-3H3. The summed E-state index contributed by atoms with van der Waals surface area (Å²) in [5.41, 5.74) is 5.07. The minimum absolute atomic E-state index is 0.00628. The van der Waals surface area contributed by atoms with Gasteiger partial charge in [-0.15, -0.1) is 0 Å². The van der Waals surface area contributed by atoms with E-state index in [1.54, 1.807) is 13.1 Å². The van der Waals surface area contributed by atoms with Gasteiger partial charge in [0.25, 0.3) is 0 Å². The molecule has 0 aromatic heterocycles. The van der Waals surface area contributed by atoms with E-state index in [2.05, 4.69) is 0 Å². The van der Waals surface area contributed by atoms with Gasteiger partial charge < -0.3 is 28.3 Å². The predicted molar refractivity (Wildman–Crippen MR) is 59.7 cm³/mol. The minimum atomic E-state index is -4.08. The van der Waals surface area contributed by atoms with Crippen molar-refractivity contribution >= 4 is 17.6 Å². The van der Waals surface area contributed by atoms with Gasteiger partial charge in [-0.05, 0) is 32.3 Å². The third-order valence-corrected chi connectivity index (χ3v) is 5.93. The fourth-order valence-electron chi connectivity index (χ4n) is 0.939. The fourth-order valence-corrected chi connectivity index (χ4v) is 4.98. The van der Waals surface area contributed by atoms with Crippen molar-refractivity contribution in [3.63, 3.8) is 0 Å². The van der Waals surface area contributed by atoms with Crippen LogP contribution in [0.25, 0.3) is 0 Å². The zero-order chi connectivity index (χ0) is 11.9. The first-order valence-corrected chi connectivity index (χ1v) is 9.15. The summed E-state index contributed by atoms with van der Waals surface area (Å²) < 4.78 is 15.1. The molecule has 0 aliphatic heterocycles. The van der Waals surface area contributed by atoms with Gasteiger partial charge in [0.1, 0.15) is 0 Å². The Balaban J connectivity index is 4.10. The molecule has 90 valence electrons. The second kappa shape index (κ2) is 6.38. The van der Waals surface area contributed by atoms with Gasteiger partial charge in [-0.3, -0.25) is 0 Å². The van der Waals surface area contributed by atoms with E-state index >= 15 is 0 Å². The first-order valence-electron chi connectivity index (χ1n) is 4.62. The topological polar surface area (TPSA) is 94.2 Å². The predicted octanol–water partition coefficient (Wildman–Crippen LogP) is -0.350. The van der Waals surface area contributed by atoms with Gasteiger partial charge in [0, 0.05) is 6.61 Å². The van der Waals surface area contributed by atoms with Gasteiger partial charge >= 0.3 is 17.6 Å². The number of hydrogen-bond donors (Lipinski definition) is 3. The molecule has 0 radical (unpaired) electrons. The highest BCUT2D eigenvalue weighted by Gasteiger charge is 2.44. The molecule has 0 aliphatic rings. The highest BCUT2D eigenvalue weighted by Crippen LogP contribution is 2.12. The molecular formula is C7H19NO5Si2. The summed E-state index contributed by atoms with van der Waals surface area (Å²) in [6, 6.07) is 0. The van der Waals surface area contributed by atoms with Gasteiger partial charge in [0.2, 0.25) is 0 Å². The molecule has 0 rings (SSSR count). The molecule has 0 amide bonds. The van der Waals surface area contributed by atoms with Gasteiger partial charge in [0.05, 0.1) is 6.61 Å². The van der Waals surface area contributed by atoms with E-state index in [9.17, 15) is 9.59 Å². The lowest BCUT2D eigenvalue weighted by molar-refractivity contribution is 0.0653. The first-order chi connectivity index (χ1) is 6.83. The Morgan fingerprint density at radius 2 is 1.87 bits per heavy atom. The van der Waals surface area contributed by atoms with E-state index in [1.807, 2.05) is 6.92 Å². The van der Waals surface area contributed by atoms with E-state index in [4.69, 9.17) is 18.7 Å². The average Bonchev–Trinajstić information content (AvgIpc) is 2.01. The Morgan fingerprint density at radius 1 is 1.27 bits per heavy atom. The summed E-state index contributed by atoms with van der Waals surface area (Å²) in [5.74, 6) is 0. The summed E-state index contributed by atoms with van der Waals surface area (Å²) in [6.45, 7) is 5.71. The van der Waals surface area contributed by atoms with Crippen molar-refractivity contribution in [2.75, 3.05) is 13.2 Å². The van der Waals surface area contributed by atoms with Gasteiger partial charge in [0.15, 0.2) is 0 Å². The van der Waals surface area contributed by atoms with Crippen LogP contribution in [0, 0.1) is 0 Å². The van der Waals surface area contributed by atoms with E-state index in [1.165, 1.54) is 12.3 Å². The van der Waals surface area contributed by atoms with Crippen molar-refractivity contribution in [1.82, 2.24) is 0 Å². The largest absolute Gasteiger partial charge is 0.665 e. The van der Waals surface area contributed by atoms with Crippen molar-refractivity contribution in [2.24, 2.45) is 5.73 Å². The first kappa shape index (κ1) is 14.8. The maximum absolute atomic E-state index is 9.43. The van der Waals surface area contributed by atoms with Crippen molar-refractivity contribution in [3.8, 4) is 0 Å². The zero-order valence-electron chi connectivity index (χ0n) is 9.27. The van der Waals surface area contributed by atoms with Gasteiger partial charge in [-0.25, -0.2) is 0 Å². The molecule has 0 fully saturated rings. The second-order valence-electron chi connectivity index (χ2n) is 3.22. The lowest BCUT2D eigenvalue weighted by Gasteiger charge is -2.27. The van der Waals surface area contributed by atoms with Crippen molar-refractivity contribution in [3.05, 3.63) is 12.3 Å². The van der Waals surface area contributed by atoms with Crippen LogP contribution in [-0.4, -0.2) is 40.4 Å². The smallest absolute Gasteiger partial charge is 0.405 e. The highest BCUT2D eigenvalue weighted by molar-refractivity contribution is 6.73. The SMILES string of the molecule is CCO[Si](C)(C)O[Si](O)(O)OCC=CN. The van der Waals surface area contributed by atoms with Gasteiger partial charge in [-0.2, -0.15) is 0 Å². The number of nitrogens with two attached hydrogens (primary N) is 1. The van der Waals surface area contributed by atoms with E-state index in [0.717, 1.165) is 0 Å². The quantitative estimate of drug-likeness (QED) is 0.537. The molecule has 15 heavy (non-hydrogen) atoms. The lowest BCUT2D eigenvalue weighted by atomic mass is 10.7. The number of hydrogen-bond acceptors (Lipinski definition) is 6. The maximum atomic E-state index is 9.43. The maximum Gasteiger partial charge on any atom is 0.665 e. The van der Waals surface area contributed by atoms with Crippen molar-refractivity contribution < 1.29 is 22.6 Å². The monoisotopic (exact) mass is 253 g/mol. The van der Waals surface area contributed by atoms with Crippen LogP contribution in [0.3, 0.4) is 0 Å². The van der Waals surface area contributed by atoms with Gasteiger partial charge in [-0.1, -0.05) is 0 Å². The van der Waals surface area contributed by atoms with Crippen LogP contribution in [0.4, 0.5) is 0 Å². The average molecular weight is 253 g/mol. The van der Waals surface area contributed by atoms with Crippen molar-refractivity contribution in [1.29, 1.82) is 0 Å². The van der Waals surface area contributed by atoms with Crippen LogP contribution < -0.4 is 5.73 Å². The summed E-state index contributed by atoms with van der Waals surface area (Å²) in [5, 5.41) is 0. The minimum Gasteiger partial charge on any atom is -0.405 e. The number of rotatable bonds is 7. The molecule has 0 unspecified atom stereocenters. The second-order valence-corrected chi connectivity index (χ2v) is 8.51. The van der Waals surface area contributed by atoms with Crippen molar-refractivity contribution in [2.45, 2.75) is 20.0 Å². The molecule has 0 bridgehead atoms. The van der Waals surface area contributed by atoms with Crippen LogP contribution in [0.15, 0.2) is 12.3 Å². The molecule has 0 atom stereocenters. The van der Waals surface area contributed by atoms with E-state index < -0.39 is 17.6 Å². The molecule has 6 nitrogen and oxygen atoms in total. The third kappa shape index (κ3) is 7.67. The van der Waals surface area contributed by atoms with E-state index in [-0.39, 0.29) is 6.61 Å². The third-order valence-electron chi connectivity index (χ3n) is 1.37. The normalized spacial score (nSPS) is 13.7. The Bertz CT molecular complexity index is 210. The Kier molecular flexibility index (Phi) is 6.28. The fraction of sp³-hybridized carbons (Fsp3) is 0.714. The Labute approximate surface area is 92.0 Å². The van der Waals surface area contributed by atoms with E-state index in [0.29, 0.717) is 6.61 Å². The molecule has 0 aromatic rings. The summed E-state index contributed by atoms with van der Waals surface area (Å²) in [7, 11) is -6.60.